The molecule has 2 aromatic heterocycles. The maximum Gasteiger partial charge on any atom is 0.332 e. The van der Waals surface area contributed by atoms with Gasteiger partial charge in [0.25, 0.3) is 11.5 Å². The van der Waals surface area contributed by atoms with E-state index in [-0.39, 0.29) is 16.7 Å². The van der Waals surface area contributed by atoms with Gasteiger partial charge in [-0.25, -0.2) is 14.6 Å². The van der Waals surface area contributed by atoms with Crippen LogP contribution in [0.1, 0.15) is 17.5 Å². The number of aryl methyl sites for hydroxylation is 2. The lowest BCUT2D eigenvalue weighted by atomic mass is 9.92. The van der Waals surface area contributed by atoms with Crippen molar-refractivity contribution in [1.82, 2.24) is 24.3 Å². The lowest BCUT2D eigenvalue weighted by Crippen LogP contribution is -2.43. The largest absolute Gasteiger partial charge is 0.332 e. The second-order valence-electron chi connectivity index (χ2n) is 8.23. The fourth-order valence-electron chi connectivity index (χ4n) is 4.61. The summed E-state index contributed by atoms with van der Waals surface area (Å²) >= 11 is 0. The van der Waals surface area contributed by atoms with E-state index in [0.717, 1.165) is 20.6 Å². The number of carbonyl (C=O) groups is 3. The number of carbonyl (C=O) groups excluding carboxylic acids is 3. The third-order valence-electron chi connectivity index (χ3n) is 6.30. The normalized spacial score (nSPS) is 19.3. The van der Waals surface area contributed by atoms with Crippen LogP contribution in [0.15, 0.2) is 46.1 Å². The molecule has 1 spiro atoms. The summed E-state index contributed by atoms with van der Waals surface area (Å²) in [6.07, 6.45) is 2.40. The van der Waals surface area contributed by atoms with Gasteiger partial charge in [-0.3, -0.25) is 28.4 Å². The monoisotopic (exact) mass is 448 g/mol. The maximum absolute atomic E-state index is 13.2. The number of rotatable bonds is 3. The number of amides is 4. The second-order valence-corrected chi connectivity index (χ2v) is 8.23. The van der Waals surface area contributed by atoms with Gasteiger partial charge in [0.1, 0.15) is 17.7 Å². The Morgan fingerprint density at radius 1 is 1.15 bits per heavy atom. The van der Waals surface area contributed by atoms with Crippen LogP contribution in [0.25, 0.3) is 11.0 Å². The van der Waals surface area contributed by atoms with Crippen molar-refractivity contribution < 1.29 is 14.4 Å². The van der Waals surface area contributed by atoms with Crippen molar-refractivity contribution in [2.24, 2.45) is 14.1 Å². The zero-order chi connectivity index (χ0) is 23.5. The number of aromatic nitrogens is 3. The number of urea groups is 1. The van der Waals surface area contributed by atoms with E-state index in [4.69, 9.17) is 0 Å². The van der Waals surface area contributed by atoms with E-state index in [2.05, 4.69) is 15.6 Å². The van der Waals surface area contributed by atoms with Crippen molar-refractivity contribution >= 4 is 34.6 Å². The molecule has 3 aromatic rings. The van der Waals surface area contributed by atoms with Crippen molar-refractivity contribution in [3.05, 3.63) is 68.5 Å². The Balaban J connectivity index is 1.38. The first-order valence-electron chi connectivity index (χ1n) is 10.3. The number of benzene rings is 1. The highest BCUT2D eigenvalue weighted by atomic mass is 16.2. The standard InChI is InChI=1S/C22H20N6O5/c1-26-17-14(18(30)27(2)21(26)33)9-13(10-23-17)24-16(29)11-28-19(31)22(25-20(28)32)8-7-12-5-3-4-6-15(12)22/h3-6,9-10H,7-8,11H2,1-2H3,(H,24,29)(H,25,32). The Morgan fingerprint density at radius 3 is 2.70 bits per heavy atom. The van der Waals surface area contributed by atoms with Crippen molar-refractivity contribution in [1.29, 1.82) is 0 Å². The fraction of sp³-hybridized carbons (Fsp3) is 0.273. The highest BCUT2D eigenvalue weighted by Gasteiger charge is 2.55. The lowest BCUT2D eigenvalue weighted by Gasteiger charge is -2.22. The predicted octanol–water partition coefficient (Wildman–Crippen LogP) is -0.0358. The van der Waals surface area contributed by atoms with Crippen LogP contribution in [0.4, 0.5) is 10.5 Å². The van der Waals surface area contributed by atoms with Gasteiger partial charge in [-0.2, -0.15) is 0 Å². The van der Waals surface area contributed by atoms with Crippen LogP contribution in [0.5, 0.6) is 0 Å². The molecule has 4 amide bonds. The molecule has 33 heavy (non-hydrogen) atoms. The zero-order valence-corrected chi connectivity index (χ0v) is 17.9. The molecule has 11 nitrogen and oxygen atoms in total. The Labute approximate surface area is 186 Å². The minimum absolute atomic E-state index is 0.147. The summed E-state index contributed by atoms with van der Waals surface area (Å²) in [5, 5.41) is 5.49. The van der Waals surface area contributed by atoms with Gasteiger partial charge in [0.05, 0.1) is 17.3 Å². The number of pyridine rings is 1. The van der Waals surface area contributed by atoms with E-state index in [9.17, 15) is 24.0 Å². The quantitative estimate of drug-likeness (QED) is 0.540. The van der Waals surface area contributed by atoms with Crippen LogP contribution in [0, 0.1) is 0 Å². The van der Waals surface area contributed by atoms with Crippen LogP contribution in [0.2, 0.25) is 0 Å². The average Bonchev–Trinajstić information content (AvgIpc) is 3.29. The molecule has 1 aliphatic carbocycles. The summed E-state index contributed by atoms with van der Waals surface area (Å²) in [6.45, 7) is -0.488. The van der Waals surface area contributed by atoms with Gasteiger partial charge in [-0.1, -0.05) is 24.3 Å². The van der Waals surface area contributed by atoms with Gasteiger partial charge in [0.2, 0.25) is 5.91 Å². The predicted molar refractivity (Wildman–Crippen MR) is 118 cm³/mol. The van der Waals surface area contributed by atoms with E-state index in [1.165, 1.54) is 30.9 Å². The molecular formula is C22H20N6O5. The summed E-state index contributed by atoms with van der Waals surface area (Å²) in [6, 6.07) is 8.21. The highest BCUT2D eigenvalue weighted by Crippen LogP contribution is 2.41. The summed E-state index contributed by atoms with van der Waals surface area (Å²) in [7, 11) is 2.84. The zero-order valence-electron chi connectivity index (χ0n) is 17.9. The molecule has 1 unspecified atom stereocenters. The molecule has 0 bridgehead atoms. The number of imide groups is 1. The molecular weight excluding hydrogens is 428 g/mol. The first-order chi connectivity index (χ1) is 15.7. The number of nitrogens with zero attached hydrogens (tertiary/aromatic N) is 4. The van der Waals surface area contributed by atoms with Crippen molar-refractivity contribution in [2.45, 2.75) is 18.4 Å². The smallest absolute Gasteiger partial charge is 0.323 e. The van der Waals surface area contributed by atoms with Crippen LogP contribution in [0.3, 0.4) is 0 Å². The number of hydrogen-bond acceptors (Lipinski definition) is 6. The molecule has 1 atom stereocenters. The Hall–Kier alpha value is -4.28. The van der Waals surface area contributed by atoms with Crippen LogP contribution in [-0.2, 0) is 35.6 Å². The van der Waals surface area contributed by atoms with Crippen LogP contribution < -0.4 is 21.9 Å². The molecule has 168 valence electrons. The minimum Gasteiger partial charge on any atom is -0.323 e. The highest BCUT2D eigenvalue weighted by molar-refractivity contribution is 6.11. The SMILES string of the molecule is Cn1c(=O)c2cc(NC(=O)CN3C(=O)NC4(CCc5ccccc54)C3=O)cnc2n(C)c1=O. The van der Waals surface area contributed by atoms with Crippen LogP contribution in [-0.4, -0.2) is 43.4 Å². The number of anilines is 1. The molecule has 0 radical (unpaired) electrons. The summed E-state index contributed by atoms with van der Waals surface area (Å²) in [5.74, 6) is -1.09. The second kappa shape index (κ2) is 7.12. The van der Waals surface area contributed by atoms with Crippen LogP contribution >= 0.6 is 0 Å². The van der Waals surface area contributed by atoms with Crippen molar-refractivity contribution in [2.75, 3.05) is 11.9 Å². The number of fused-ring (bicyclic) bond motifs is 3. The third-order valence-corrected chi connectivity index (χ3v) is 6.30. The third kappa shape index (κ3) is 2.96. The fourth-order valence-corrected chi connectivity index (χ4v) is 4.61. The van der Waals surface area contributed by atoms with E-state index in [1.54, 1.807) is 0 Å². The molecule has 2 aliphatic rings. The van der Waals surface area contributed by atoms with Crippen molar-refractivity contribution in [3.8, 4) is 0 Å². The van der Waals surface area contributed by atoms with E-state index >= 15 is 0 Å². The van der Waals surface area contributed by atoms with Gasteiger partial charge in [-0.15, -0.1) is 0 Å². The average molecular weight is 448 g/mol. The lowest BCUT2D eigenvalue weighted by molar-refractivity contribution is -0.134. The number of hydrogen-bond donors (Lipinski definition) is 2. The Kier molecular flexibility index (Phi) is 4.45. The molecule has 2 N–H and O–H groups in total. The molecule has 1 aliphatic heterocycles. The Bertz CT molecular complexity index is 1490. The molecule has 1 fully saturated rings. The summed E-state index contributed by atoms with van der Waals surface area (Å²) in [4.78, 5) is 68.0. The van der Waals surface area contributed by atoms with Crippen molar-refractivity contribution in [3.63, 3.8) is 0 Å². The van der Waals surface area contributed by atoms with Gasteiger partial charge in [0, 0.05) is 14.1 Å². The molecule has 1 aromatic carbocycles. The molecule has 0 saturated carbocycles. The minimum atomic E-state index is -1.14. The summed E-state index contributed by atoms with van der Waals surface area (Å²) < 4.78 is 2.18. The van der Waals surface area contributed by atoms with Gasteiger partial charge < -0.3 is 10.6 Å². The van der Waals surface area contributed by atoms with Gasteiger partial charge in [0.15, 0.2) is 0 Å². The molecule has 5 rings (SSSR count). The molecule has 1 saturated heterocycles. The van der Waals surface area contributed by atoms with E-state index < -0.39 is 41.2 Å². The number of nitrogens with one attached hydrogen (secondary N) is 2. The first kappa shape index (κ1) is 20.6. The maximum atomic E-state index is 13.2. The first-order valence-corrected chi connectivity index (χ1v) is 10.3. The van der Waals surface area contributed by atoms with E-state index in [1.807, 2.05) is 24.3 Å². The van der Waals surface area contributed by atoms with Gasteiger partial charge in [-0.05, 0) is 30.0 Å². The topological polar surface area (TPSA) is 135 Å². The summed E-state index contributed by atoms with van der Waals surface area (Å²) in [5.41, 5.74) is -0.0732. The molecule has 3 heterocycles. The molecule has 11 heteroatoms. The van der Waals surface area contributed by atoms with E-state index in [0.29, 0.717) is 12.8 Å². The van der Waals surface area contributed by atoms with Gasteiger partial charge >= 0.3 is 11.7 Å². The Morgan fingerprint density at radius 2 is 1.91 bits per heavy atom.